The highest BCUT2D eigenvalue weighted by Crippen LogP contribution is 2.08. The molecule has 104 valence electrons. The maximum atomic E-state index is 11.9. The predicted molar refractivity (Wildman–Crippen MR) is 72.5 cm³/mol. The van der Waals surface area contributed by atoms with Crippen LogP contribution < -0.4 is 0 Å². The molecule has 2 rings (SSSR count). The van der Waals surface area contributed by atoms with Crippen LogP contribution in [-0.4, -0.2) is 25.1 Å². The number of hydrogen-bond donors (Lipinski definition) is 0. The van der Waals surface area contributed by atoms with Crippen molar-refractivity contribution in [3.63, 3.8) is 0 Å². The van der Waals surface area contributed by atoms with Gasteiger partial charge in [0.15, 0.2) is 10.8 Å². The second-order valence-corrected chi connectivity index (χ2v) is 6.01. The van der Waals surface area contributed by atoms with Gasteiger partial charge in [0, 0.05) is 6.20 Å². The van der Waals surface area contributed by atoms with Crippen LogP contribution in [0, 0.1) is 0 Å². The van der Waals surface area contributed by atoms with Gasteiger partial charge in [0.25, 0.3) is 0 Å². The Bertz CT molecular complexity index is 669. The van der Waals surface area contributed by atoms with Crippen molar-refractivity contribution in [1.82, 2.24) is 4.98 Å². The number of pyridine rings is 1. The lowest BCUT2D eigenvalue weighted by Gasteiger charge is -2.05. The van der Waals surface area contributed by atoms with Crippen molar-refractivity contribution in [3.8, 4) is 0 Å². The van der Waals surface area contributed by atoms with Crippen molar-refractivity contribution in [2.45, 2.75) is 11.6 Å². The minimum Gasteiger partial charge on any atom is -0.460 e. The maximum absolute atomic E-state index is 11.9. The molecule has 0 N–H and O–H groups in total. The number of carbonyl (C=O) groups excluding carboxylic acids is 1. The summed E-state index contributed by atoms with van der Waals surface area (Å²) in [4.78, 5) is 15.3. The molecule has 0 amide bonds. The first kappa shape index (κ1) is 14.2. The third-order valence-corrected chi connectivity index (χ3v) is 4.00. The zero-order valence-electron chi connectivity index (χ0n) is 10.6. The van der Waals surface area contributed by atoms with Crippen LogP contribution >= 0.6 is 0 Å². The quantitative estimate of drug-likeness (QED) is 0.782. The van der Waals surface area contributed by atoms with Gasteiger partial charge in [-0.3, -0.25) is 4.79 Å². The molecular formula is C14H13NO4S. The molecule has 0 saturated carbocycles. The first-order valence-electron chi connectivity index (χ1n) is 5.91. The molecule has 0 spiro atoms. The summed E-state index contributed by atoms with van der Waals surface area (Å²) in [5, 5.41) is -0.128. The Kier molecular flexibility index (Phi) is 4.47. The third-order valence-electron chi connectivity index (χ3n) is 2.51. The second kappa shape index (κ2) is 6.29. The van der Waals surface area contributed by atoms with Crippen LogP contribution in [0.15, 0.2) is 59.8 Å². The molecule has 0 aliphatic carbocycles. The predicted octanol–water partition coefficient (Wildman–Crippen LogP) is 1.60. The largest absolute Gasteiger partial charge is 0.460 e. The number of sulfone groups is 1. The maximum Gasteiger partial charge on any atom is 0.321 e. The number of ether oxygens (including phenoxy) is 1. The molecule has 0 saturated heterocycles. The minimum absolute atomic E-state index is 0.0530. The van der Waals surface area contributed by atoms with Crippen LogP contribution in [-0.2, 0) is 26.0 Å². The van der Waals surface area contributed by atoms with E-state index < -0.39 is 21.6 Å². The van der Waals surface area contributed by atoms with Gasteiger partial charge in [0.1, 0.15) is 6.61 Å². The molecule has 5 nitrogen and oxygen atoms in total. The van der Waals surface area contributed by atoms with Gasteiger partial charge in [0.2, 0.25) is 9.84 Å². The van der Waals surface area contributed by atoms with E-state index in [1.807, 2.05) is 18.2 Å². The first-order valence-corrected chi connectivity index (χ1v) is 7.56. The van der Waals surface area contributed by atoms with E-state index in [2.05, 4.69) is 4.98 Å². The van der Waals surface area contributed by atoms with Crippen LogP contribution in [0.2, 0.25) is 0 Å². The highest BCUT2D eigenvalue weighted by Gasteiger charge is 2.21. The molecule has 0 atom stereocenters. The average Bonchev–Trinajstić information content (AvgIpc) is 2.47. The number of nitrogens with zero attached hydrogens (tertiary/aromatic N) is 1. The summed E-state index contributed by atoms with van der Waals surface area (Å²) in [6.07, 6.45) is 1.36. The van der Waals surface area contributed by atoms with E-state index in [0.29, 0.717) is 0 Å². The van der Waals surface area contributed by atoms with E-state index in [9.17, 15) is 13.2 Å². The fraction of sp³-hybridized carbons (Fsp3) is 0.143. The molecule has 0 aliphatic heterocycles. The van der Waals surface area contributed by atoms with Gasteiger partial charge in [-0.1, -0.05) is 36.4 Å². The lowest BCUT2D eigenvalue weighted by molar-refractivity contribution is -0.141. The third kappa shape index (κ3) is 3.89. The zero-order valence-corrected chi connectivity index (χ0v) is 11.4. The van der Waals surface area contributed by atoms with Crippen molar-refractivity contribution in [3.05, 3.63) is 60.3 Å². The van der Waals surface area contributed by atoms with Crippen LogP contribution in [0.25, 0.3) is 0 Å². The SMILES string of the molecule is O=C(CS(=O)(=O)c1ccccn1)OCc1ccccc1. The van der Waals surface area contributed by atoms with Gasteiger partial charge < -0.3 is 4.74 Å². The van der Waals surface area contributed by atoms with Crippen molar-refractivity contribution < 1.29 is 17.9 Å². The Morgan fingerprint density at radius 3 is 2.40 bits per heavy atom. The Morgan fingerprint density at radius 2 is 1.75 bits per heavy atom. The smallest absolute Gasteiger partial charge is 0.321 e. The Hall–Kier alpha value is -2.21. The normalized spacial score (nSPS) is 11.0. The highest BCUT2D eigenvalue weighted by atomic mass is 32.2. The van der Waals surface area contributed by atoms with Crippen LogP contribution in [0.5, 0.6) is 0 Å². The van der Waals surface area contributed by atoms with Crippen LogP contribution in [0.4, 0.5) is 0 Å². The fourth-order valence-electron chi connectivity index (χ4n) is 1.54. The standard InChI is InChI=1S/C14H13NO4S/c16-14(19-10-12-6-2-1-3-7-12)11-20(17,18)13-8-4-5-9-15-13/h1-9H,10-11H2. The molecule has 6 heteroatoms. The van der Waals surface area contributed by atoms with E-state index >= 15 is 0 Å². The van der Waals surface area contributed by atoms with Crippen LogP contribution in [0.3, 0.4) is 0 Å². The molecule has 0 bridgehead atoms. The number of rotatable bonds is 5. The molecule has 0 unspecified atom stereocenters. The number of benzene rings is 1. The second-order valence-electron chi connectivity index (χ2n) is 4.07. The van der Waals surface area contributed by atoms with Crippen molar-refractivity contribution in [2.24, 2.45) is 0 Å². The van der Waals surface area contributed by atoms with Gasteiger partial charge in [-0.05, 0) is 17.7 Å². The lowest BCUT2D eigenvalue weighted by Crippen LogP contribution is -2.19. The lowest BCUT2D eigenvalue weighted by atomic mass is 10.2. The summed E-state index contributed by atoms with van der Waals surface area (Å²) in [6.45, 7) is 0.0530. The van der Waals surface area contributed by atoms with Gasteiger partial charge in [-0.15, -0.1) is 0 Å². The summed E-state index contributed by atoms with van der Waals surface area (Å²) < 4.78 is 28.7. The number of carbonyl (C=O) groups is 1. The molecule has 20 heavy (non-hydrogen) atoms. The average molecular weight is 291 g/mol. The van der Waals surface area contributed by atoms with Crippen molar-refractivity contribution in [1.29, 1.82) is 0 Å². The monoisotopic (exact) mass is 291 g/mol. The van der Waals surface area contributed by atoms with E-state index in [4.69, 9.17) is 4.74 Å². The summed E-state index contributed by atoms with van der Waals surface area (Å²) in [5.41, 5.74) is 0.802. The summed E-state index contributed by atoms with van der Waals surface area (Å²) in [5.74, 6) is -1.50. The molecule has 1 heterocycles. The topological polar surface area (TPSA) is 73.3 Å². The molecule has 0 aliphatic rings. The zero-order chi connectivity index (χ0) is 14.4. The van der Waals surface area contributed by atoms with E-state index in [-0.39, 0.29) is 11.6 Å². The molecule has 1 aromatic heterocycles. The summed E-state index contributed by atoms with van der Waals surface area (Å²) in [7, 11) is -3.75. The van der Waals surface area contributed by atoms with Gasteiger partial charge in [0.05, 0.1) is 0 Å². The number of esters is 1. The molecule has 0 radical (unpaired) electrons. The first-order chi connectivity index (χ1) is 9.58. The van der Waals surface area contributed by atoms with Crippen LogP contribution in [0.1, 0.15) is 5.56 Å². The highest BCUT2D eigenvalue weighted by molar-refractivity contribution is 7.92. The molecule has 1 aromatic carbocycles. The fourth-order valence-corrected chi connectivity index (χ4v) is 2.59. The van der Waals surface area contributed by atoms with Gasteiger partial charge >= 0.3 is 5.97 Å². The summed E-state index contributed by atoms with van der Waals surface area (Å²) in [6, 6.07) is 13.6. The molecular weight excluding hydrogens is 278 g/mol. The number of aromatic nitrogens is 1. The number of hydrogen-bond acceptors (Lipinski definition) is 5. The summed E-state index contributed by atoms with van der Waals surface area (Å²) >= 11 is 0. The van der Waals surface area contributed by atoms with Crippen molar-refractivity contribution in [2.75, 3.05) is 5.75 Å². The molecule has 0 fully saturated rings. The molecule has 2 aromatic rings. The Morgan fingerprint density at radius 1 is 1.05 bits per heavy atom. The van der Waals surface area contributed by atoms with E-state index in [0.717, 1.165) is 5.56 Å². The van der Waals surface area contributed by atoms with E-state index in [1.54, 1.807) is 24.3 Å². The van der Waals surface area contributed by atoms with E-state index in [1.165, 1.54) is 12.3 Å². The van der Waals surface area contributed by atoms with Gasteiger partial charge in [-0.2, -0.15) is 0 Å². The Labute approximate surface area is 117 Å². The van der Waals surface area contributed by atoms with Crippen molar-refractivity contribution >= 4 is 15.8 Å². The Balaban J connectivity index is 1.95. The van der Waals surface area contributed by atoms with Gasteiger partial charge in [-0.25, -0.2) is 13.4 Å². The minimum atomic E-state index is -3.75.